The summed E-state index contributed by atoms with van der Waals surface area (Å²) in [6, 6.07) is 12.0. The number of benzene rings is 1. The van der Waals surface area contributed by atoms with E-state index in [1.807, 2.05) is 48.7 Å². The van der Waals surface area contributed by atoms with Crippen molar-refractivity contribution in [1.29, 1.82) is 0 Å². The Balaban J connectivity index is 1.84. The van der Waals surface area contributed by atoms with Gasteiger partial charge in [-0.3, -0.25) is 5.43 Å². The van der Waals surface area contributed by atoms with Crippen LogP contribution in [0.4, 0.5) is 5.69 Å². The normalized spacial score (nSPS) is 10.5. The van der Waals surface area contributed by atoms with Gasteiger partial charge in [0.05, 0.1) is 6.21 Å². The van der Waals surface area contributed by atoms with Crippen molar-refractivity contribution in [2.24, 2.45) is 5.10 Å². The molecular formula is C13H13N3S2. The number of nitrogens with one attached hydrogen (secondary N) is 2. The third kappa shape index (κ3) is 3.94. The van der Waals surface area contributed by atoms with E-state index in [2.05, 4.69) is 15.8 Å². The Bertz CT molecular complexity index is 530. The maximum Gasteiger partial charge on any atom is 0.191 e. The van der Waals surface area contributed by atoms with E-state index in [9.17, 15) is 0 Å². The zero-order chi connectivity index (χ0) is 12.8. The predicted octanol–water partition coefficient (Wildman–Crippen LogP) is 3.38. The molecule has 0 saturated heterocycles. The summed E-state index contributed by atoms with van der Waals surface area (Å²) in [5, 5.41) is 9.60. The van der Waals surface area contributed by atoms with Gasteiger partial charge in [0.15, 0.2) is 5.11 Å². The lowest BCUT2D eigenvalue weighted by Gasteiger charge is -2.06. The molecule has 1 heterocycles. The van der Waals surface area contributed by atoms with E-state index in [1.165, 1.54) is 5.56 Å². The second-order valence-corrected chi connectivity index (χ2v) is 5.09. The smallest absolute Gasteiger partial charge is 0.191 e. The van der Waals surface area contributed by atoms with Crippen LogP contribution >= 0.6 is 23.6 Å². The molecule has 3 nitrogen and oxygen atoms in total. The molecule has 1 aromatic heterocycles. The van der Waals surface area contributed by atoms with Crippen molar-refractivity contribution >= 4 is 40.6 Å². The standard InChI is InChI=1S/C13H13N3S2/c1-10-4-6-11(7-5-10)15-13(17)16-14-9-12-3-2-8-18-12/h2-9H,1H3,(H2,15,16,17)/b14-9+. The summed E-state index contributed by atoms with van der Waals surface area (Å²) < 4.78 is 0. The first-order valence-corrected chi connectivity index (χ1v) is 6.73. The molecule has 92 valence electrons. The summed E-state index contributed by atoms with van der Waals surface area (Å²) in [5.74, 6) is 0. The molecule has 0 atom stereocenters. The molecule has 0 aliphatic carbocycles. The second kappa shape index (κ2) is 6.28. The zero-order valence-corrected chi connectivity index (χ0v) is 11.5. The van der Waals surface area contributed by atoms with Crippen LogP contribution in [0.25, 0.3) is 0 Å². The highest BCUT2D eigenvalue weighted by Crippen LogP contribution is 2.08. The molecule has 0 spiro atoms. The number of anilines is 1. The van der Waals surface area contributed by atoms with Crippen LogP contribution in [0.15, 0.2) is 46.9 Å². The van der Waals surface area contributed by atoms with E-state index >= 15 is 0 Å². The molecule has 0 radical (unpaired) electrons. The Morgan fingerprint density at radius 3 is 2.72 bits per heavy atom. The minimum atomic E-state index is 0.478. The van der Waals surface area contributed by atoms with Gasteiger partial charge in [0.2, 0.25) is 0 Å². The lowest BCUT2D eigenvalue weighted by atomic mass is 10.2. The van der Waals surface area contributed by atoms with E-state index in [1.54, 1.807) is 17.6 Å². The Hall–Kier alpha value is -1.72. The monoisotopic (exact) mass is 275 g/mol. The lowest BCUT2D eigenvalue weighted by molar-refractivity contribution is 1.05. The fourth-order valence-corrected chi connectivity index (χ4v) is 2.07. The van der Waals surface area contributed by atoms with E-state index in [0.29, 0.717) is 5.11 Å². The van der Waals surface area contributed by atoms with Gasteiger partial charge in [0, 0.05) is 10.6 Å². The molecule has 0 aliphatic rings. The summed E-state index contributed by atoms with van der Waals surface area (Å²) in [7, 11) is 0. The molecule has 18 heavy (non-hydrogen) atoms. The van der Waals surface area contributed by atoms with Crippen LogP contribution in [-0.4, -0.2) is 11.3 Å². The largest absolute Gasteiger partial charge is 0.331 e. The quantitative estimate of drug-likeness (QED) is 0.512. The van der Waals surface area contributed by atoms with Crippen molar-refractivity contribution in [3.05, 3.63) is 52.2 Å². The van der Waals surface area contributed by atoms with E-state index in [-0.39, 0.29) is 0 Å². The number of thiophene rings is 1. The fraction of sp³-hybridized carbons (Fsp3) is 0.0769. The summed E-state index contributed by atoms with van der Waals surface area (Å²) in [5.41, 5.74) is 4.95. The number of hydrogen-bond acceptors (Lipinski definition) is 3. The number of hydrazone groups is 1. The summed E-state index contributed by atoms with van der Waals surface area (Å²) in [6.45, 7) is 2.05. The van der Waals surface area contributed by atoms with Gasteiger partial charge in [-0.15, -0.1) is 11.3 Å². The second-order valence-electron chi connectivity index (χ2n) is 3.71. The molecule has 1 aromatic carbocycles. The predicted molar refractivity (Wildman–Crippen MR) is 82.4 cm³/mol. The van der Waals surface area contributed by atoms with Crippen LogP contribution < -0.4 is 10.7 Å². The minimum absolute atomic E-state index is 0.478. The van der Waals surface area contributed by atoms with Crippen molar-refractivity contribution < 1.29 is 0 Å². The molecule has 0 bridgehead atoms. The molecule has 0 saturated carbocycles. The van der Waals surface area contributed by atoms with Crippen LogP contribution in [0, 0.1) is 6.92 Å². The summed E-state index contributed by atoms with van der Waals surface area (Å²) in [6.07, 6.45) is 1.74. The van der Waals surface area contributed by atoms with Gasteiger partial charge in [-0.05, 0) is 42.7 Å². The van der Waals surface area contributed by atoms with Gasteiger partial charge < -0.3 is 5.32 Å². The number of thiocarbonyl (C=S) groups is 1. The van der Waals surface area contributed by atoms with Crippen LogP contribution in [-0.2, 0) is 0 Å². The molecule has 0 amide bonds. The average Bonchev–Trinajstić information content (AvgIpc) is 2.85. The van der Waals surface area contributed by atoms with Crippen molar-refractivity contribution in [3.8, 4) is 0 Å². The minimum Gasteiger partial charge on any atom is -0.331 e. The van der Waals surface area contributed by atoms with Crippen molar-refractivity contribution in [2.75, 3.05) is 5.32 Å². The Morgan fingerprint density at radius 2 is 2.06 bits per heavy atom. The Labute approximate surface area is 116 Å². The first kappa shape index (κ1) is 12.7. The number of nitrogens with zero attached hydrogens (tertiary/aromatic N) is 1. The fourth-order valence-electron chi connectivity index (χ4n) is 1.32. The first-order valence-electron chi connectivity index (χ1n) is 5.44. The molecule has 2 aromatic rings. The van der Waals surface area contributed by atoms with Crippen molar-refractivity contribution in [3.63, 3.8) is 0 Å². The number of aryl methyl sites for hydroxylation is 1. The number of hydrogen-bond donors (Lipinski definition) is 2. The van der Waals surface area contributed by atoms with Crippen LogP contribution in [0.1, 0.15) is 10.4 Å². The first-order chi connectivity index (χ1) is 8.74. The van der Waals surface area contributed by atoms with Gasteiger partial charge in [0.1, 0.15) is 0 Å². The van der Waals surface area contributed by atoms with Gasteiger partial charge in [-0.25, -0.2) is 0 Å². The van der Waals surface area contributed by atoms with Gasteiger partial charge in [-0.2, -0.15) is 5.10 Å². The summed E-state index contributed by atoms with van der Waals surface area (Å²) >= 11 is 6.76. The van der Waals surface area contributed by atoms with E-state index in [0.717, 1.165) is 10.6 Å². The van der Waals surface area contributed by atoms with E-state index < -0.39 is 0 Å². The van der Waals surface area contributed by atoms with Crippen LogP contribution in [0.2, 0.25) is 0 Å². The lowest BCUT2D eigenvalue weighted by Crippen LogP contribution is -2.23. The summed E-state index contributed by atoms with van der Waals surface area (Å²) in [4.78, 5) is 1.08. The van der Waals surface area contributed by atoms with E-state index in [4.69, 9.17) is 12.2 Å². The van der Waals surface area contributed by atoms with Crippen LogP contribution in [0.3, 0.4) is 0 Å². The molecule has 5 heteroatoms. The molecular weight excluding hydrogens is 262 g/mol. The van der Waals surface area contributed by atoms with Gasteiger partial charge >= 0.3 is 0 Å². The molecule has 0 fully saturated rings. The zero-order valence-electron chi connectivity index (χ0n) is 9.88. The molecule has 2 rings (SSSR count). The molecule has 0 aliphatic heterocycles. The Morgan fingerprint density at radius 1 is 1.28 bits per heavy atom. The van der Waals surface area contributed by atoms with Gasteiger partial charge in [0.25, 0.3) is 0 Å². The maximum absolute atomic E-state index is 5.13. The topological polar surface area (TPSA) is 36.4 Å². The van der Waals surface area contributed by atoms with Crippen molar-refractivity contribution in [1.82, 2.24) is 5.43 Å². The molecule has 0 unspecified atom stereocenters. The highest BCUT2D eigenvalue weighted by molar-refractivity contribution is 7.80. The third-order valence-electron chi connectivity index (χ3n) is 2.21. The van der Waals surface area contributed by atoms with Gasteiger partial charge in [-0.1, -0.05) is 23.8 Å². The third-order valence-corrected chi connectivity index (χ3v) is 3.21. The molecule has 2 N–H and O–H groups in total. The Kier molecular flexibility index (Phi) is 4.44. The highest BCUT2D eigenvalue weighted by atomic mass is 32.1. The average molecular weight is 275 g/mol. The van der Waals surface area contributed by atoms with Crippen LogP contribution in [0.5, 0.6) is 0 Å². The number of rotatable bonds is 3. The van der Waals surface area contributed by atoms with Crippen molar-refractivity contribution in [2.45, 2.75) is 6.92 Å². The maximum atomic E-state index is 5.13. The highest BCUT2D eigenvalue weighted by Gasteiger charge is 1.95. The SMILES string of the molecule is Cc1ccc(NC(=S)N/N=C/c2cccs2)cc1.